The Labute approximate surface area is 346 Å². The molecule has 0 aromatic carbocycles. The number of hydrogen-bond acceptors (Lipinski definition) is 7. The summed E-state index contributed by atoms with van der Waals surface area (Å²) in [5.74, 6) is -0.562. The molecule has 0 heterocycles. The third-order valence-electron chi connectivity index (χ3n) is 8.51. The predicted molar refractivity (Wildman–Crippen MR) is 238 cm³/mol. The molecule has 2 atom stereocenters. The van der Waals surface area contributed by atoms with Crippen molar-refractivity contribution < 1.29 is 37.9 Å². The molecule has 0 aliphatic rings. The molecule has 10 heteroatoms. The lowest BCUT2D eigenvalue weighted by atomic mass is 10.1. The van der Waals surface area contributed by atoms with E-state index in [1.54, 1.807) is 0 Å². The third kappa shape index (κ3) is 43.9. The smallest absolute Gasteiger partial charge is 0.463 e. The molecular weight excluding hydrogens is 737 g/mol. The number of amides is 1. The average Bonchev–Trinajstić information content (AvgIpc) is 3.20. The van der Waals surface area contributed by atoms with Crippen LogP contribution in [0.5, 0.6) is 0 Å². The molecule has 0 aliphatic heterocycles. The van der Waals surface area contributed by atoms with Crippen LogP contribution in [0, 0.1) is 0 Å². The van der Waals surface area contributed by atoms with Gasteiger partial charge < -0.3 is 20.1 Å². The number of ether oxygens (including phenoxy) is 1. The summed E-state index contributed by atoms with van der Waals surface area (Å²) in [5.41, 5.74) is 0. The number of esters is 1. The molecule has 1 amide bonds. The molecule has 0 radical (unpaired) electrons. The minimum Gasteiger partial charge on any atom is -0.463 e. The van der Waals surface area contributed by atoms with Crippen molar-refractivity contribution in [2.45, 2.75) is 161 Å². The first-order chi connectivity index (χ1) is 27.8. The van der Waals surface area contributed by atoms with Gasteiger partial charge in [-0.2, -0.15) is 0 Å². The highest BCUT2D eigenvalue weighted by molar-refractivity contribution is 7.47. The van der Waals surface area contributed by atoms with Gasteiger partial charge in [-0.3, -0.25) is 18.6 Å². The largest absolute Gasteiger partial charge is 0.472 e. The van der Waals surface area contributed by atoms with Crippen LogP contribution in [0.25, 0.3) is 0 Å². The number of hydrogen-bond donors (Lipinski definition) is 3. The van der Waals surface area contributed by atoms with E-state index in [9.17, 15) is 24.2 Å². The number of rotatable bonds is 39. The summed E-state index contributed by atoms with van der Waals surface area (Å²) in [4.78, 5) is 33.9. The van der Waals surface area contributed by atoms with Crippen LogP contribution in [0.4, 0.5) is 0 Å². The van der Waals surface area contributed by atoms with E-state index in [4.69, 9.17) is 13.8 Å². The molecule has 3 N–H and O–H groups in total. The zero-order valence-electron chi connectivity index (χ0n) is 35.5. The van der Waals surface area contributed by atoms with Crippen molar-refractivity contribution in [1.82, 2.24) is 5.32 Å². The highest BCUT2D eigenvalue weighted by Crippen LogP contribution is 2.42. The van der Waals surface area contributed by atoms with Crippen LogP contribution >= 0.6 is 7.82 Å². The summed E-state index contributed by atoms with van der Waals surface area (Å²) >= 11 is 0. The van der Waals surface area contributed by atoms with Crippen LogP contribution in [-0.2, 0) is 27.9 Å². The number of carbonyl (C=O) groups excluding carboxylic acids is 2. The molecule has 0 bridgehead atoms. The molecule has 9 nitrogen and oxygen atoms in total. The topological polar surface area (TPSA) is 131 Å². The molecule has 324 valence electrons. The summed E-state index contributed by atoms with van der Waals surface area (Å²) < 4.78 is 26.8. The van der Waals surface area contributed by atoms with Crippen molar-refractivity contribution >= 4 is 19.7 Å². The number of aliphatic hydroxyl groups excluding tert-OH is 1. The lowest BCUT2D eigenvalue weighted by molar-refractivity contribution is -0.147. The first kappa shape index (κ1) is 53.9. The van der Waals surface area contributed by atoms with Gasteiger partial charge in [0.05, 0.1) is 13.2 Å². The van der Waals surface area contributed by atoms with Gasteiger partial charge in [-0.1, -0.05) is 150 Å². The highest BCUT2D eigenvalue weighted by atomic mass is 31.2. The van der Waals surface area contributed by atoms with E-state index in [0.717, 1.165) is 122 Å². The zero-order valence-corrected chi connectivity index (χ0v) is 36.4. The lowest BCUT2D eigenvalue weighted by Gasteiger charge is -2.15. The number of carbonyl (C=O) groups is 2. The fourth-order valence-electron chi connectivity index (χ4n) is 5.30. The molecule has 0 spiro atoms. The number of allylic oxidation sites excluding steroid dienone is 16. The minimum absolute atomic E-state index is 0.0622. The SMILES string of the molecule is CC/C=C\C/C=C\C/C=C\C/C=C\C/C=C\CCCCCCCC(=O)NCCOP(=O)(O)OCC(O)COC(=O)CCCCCCC/C=C\C/C=C\C/C=C\CC. The Kier molecular flexibility index (Phi) is 40.2. The van der Waals surface area contributed by atoms with Crippen molar-refractivity contribution in [2.75, 3.05) is 26.4 Å². The van der Waals surface area contributed by atoms with Crippen molar-refractivity contribution in [1.29, 1.82) is 0 Å². The van der Waals surface area contributed by atoms with Crippen molar-refractivity contribution in [3.63, 3.8) is 0 Å². The van der Waals surface area contributed by atoms with E-state index in [2.05, 4.69) is 116 Å². The highest BCUT2D eigenvalue weighted by Gasteiger charge is 2.23. The van der Waals surface area contributed by atoms with Gasteiger partial charge in [-0.05, 0) is 89.9 Å². The van der Waals surface area contributed by atoms with Gasteiger partial charge in [0.25, 0.3) is 0 Å². The van der Waals surface area contributed by atoms with E-state index in [0.29, 0.717) is 12.8 Å². The van der Waals surface area contributed by atoms with Crippen LogP contribution in [0.2, 0.25) is 0 Å². The quantitative estimate of drug-likeness (QED) is 0.0242. The number of aliphatic hydroxyl groups is 1. The second-order valence-corrected chi connectivity index (χ2v) is 15.4. The van der Waals surface area contributed by atoms with Gasteiger partial charge >= 0.3 is 13.8 Å². The Hall–Kier alpha value is -3.07. The summed E-state index contributed by atoms with van der Waals surface area (Å²) in [7, 11) is -4.43. The summed E-state index contributed by atoms with van der Waals surface area (Å²) in [6, 6.07) is 0. The molecule has 0 aliphatic carbocycles. The third-order valence-corrected chi connectivity index (χ3v) is 9.49. The van der Waals surface area contributed by atoms with E-state index in [-0.39, 0.29) is 32.1 Å². The first-order valence-electron chi connectivity index (χ1n) is 21.7. The van der Waals surface area contributed by atoms with Gasteiger partial charge in [0.2, 0.25) is 5.91 Å². The van der Waals surface area contributed by atoms with E-state index < -0.39 is 26.5 Å². The Morgan fingerprint density at radius 3 is 1.42 bits per heavy atom. The molecular formula is C47H78NO8P. The molecule has 2 unspecified atom stereocenters. The first-order valence-corrected chi connectivity index (χ1v) is 23.2. The maximum absolute atomic E-state index is 12.1. The van der Waals surface area contributed by atoms with Crippen LogP contribution in [0.3, 0.4) is 0 Å². The van der Waals surface area contributed by atoms with Gasteiger partial charge in [0.1, 0.15) is 12.7 Å². The number of unbranched alkanes of at least 4 members (excludes halogenated alkanes) is 10. The molecule has 0 rings (SSSR count). The molecule has 0 aromatic rings. The Balaban J connectivity index is 3.68. The van der Waals surface area contributed by atoms with Crippen LogP contribution < -0.4 is 5.32 Å². The number of phosphoric acid groups is 1. The Morgan fingerprint density at radius 2 is 0.947 bits per heavy atom. The Bertz CT molecular complexity index is 1250. The van der Waals surface area contributed by atoms with Gasteiger partial charge in [0.15, 0.2) is 0 Å². The molecule has 0 saturated carbocycles. The van der Waals surface area contributed by atoms with E-state index in [1.807, 2.05) is 0 Å². The Morgan fingerprint density at radius 1 is 0.544 bits per heavy atom. The van der Waals surface area contributed by atoms with Gasteiger partial charge in [-0.15, -0.1) is 0 Å². The van der Waals surface area contributed by atoms with Crippen molar-refractivity contribution in [3.8, 4) is 0 Å². The van der Waals surface area contributed by atoms with Crippen molar-refractivity contribution in [2.24, 2.45) is 0 Å². The van der Waals surface area contributed by atoms with Gasteiger partial charge in [0, 0.05) is 19.4 Å². The standard InChI is InChI=1S/C47H78NO8P/c1-3-5-7-9-11-13-15-17-19-20-21-22-23-24-26-27-29-31-33-35-37-39-46(50)48-41-42-55-57(52,53)56-44-45(49)43-54-47(51)40-38-36-34-32-30-28-25-18-16-14-12-10-8-6-4-2/h5-8,11-14,17-19,21-22,24-26,45,49H,3-4,9-10,15-16,20,23,27-44H2,1-2H3,(H,48,50)(H,52,53)/b7-5-,8-6-,13-11-,14-12-,19-17-,22-21-,25-18-,26-24-. The van der Waals surface area contributed by atoms with Crippen molar-refractivity contribution in [3.05, 3.63) is 97.2 Å². The second-order valence-electron chi connectivity index (χ2n) is 13.9. The maximum Gasteiger partial charge on any atom is 0.472 e. The van der Waals surface area contributed by atoms with Crippen LogP contribution in [0.15, 0.2) is 97.2 Å². The van der Waals surface area contributed by atoms with E-state index >= 15 is 0 Å². The molecule has 0 aromatic heterocycles. The summed E-state index contributed by atoms with van der Waals surface area (Å²) in [6.45, 7) is 3.26. The number of nitrogens with one attached hydrogen (secondary N) is 1. The molecule has 57 heavy (non-hydrogen) atoms. The van der Waals surface area contributed by atoms with Gasteiger partial charge in [-0.25, -0.2) is 4.57 Å². The maximum atomic E-state index is 12.1. The number of phosphoric ester groups is 1. The van der Waals surface area contributed by atoms with Crippen LogP contribution in [0.1, 0.15) is 155 Å². The molecule has 0 fully saturated rings. The monoisotopic (exact) mass is 816 g/mol. The lowest BCUT2D eigenvalue weighted by Crippen LogP contribution is -2.27. The fraction of sp³-hybridized carbons (Fsp3) is 0.617. The molecule has 0 saturated heterocycles. The predicted octanol–water partition coefficient (Wildman–Crippen LogP) is 12.2. The summed E-state index contributed by atoms with van der Waals surface area (Å²) in [5, 5.41) is 12.7. The van der Waals surface area contributed by atoms with E-state index in [1.165, 1.54) is 0 Å². The second kappa shape index (κ2) is 42.5. The summed E-state index contributed by atoms with van der Waals surface area (Å²) in [6.07, 6.45) is 54.8. The normalized spacial score (nSPS) is 14.2. The van der Waals surface area contributed by atoms with Crippen LogP contribution in [-0.4, -0.2) is 54.3 Å². The minimum atomic E-state index is -4.43. The average molecular weight is 816 g/mol. The zero-order chi connectivity index (χ0) is 41.8. The fourth-order valence-corrected chi connectivity index (χ4v) is 6.06.